The Morgan fingerprint density at radius 3 is 2.60 bits per heavy atom. The molecular formula is C13H29N3O3S. The molecule has 1 saturated heterocycles. The lowest BCUT2D eigenvalue weighted by Gasteiger charge is -2.36. The summed E-state index contributed by atoms with van der Waals surface area (Å²) in [5, 5.41) is 3.40. The lowest BCUT2D eigenvalue weighted by Crippen LogP contribution is -2.54. The molecule has 0 aliphatic carbocycles. The van der Waals surface area contributed by atoms with Crippen molar-refractivity contribution in [2.75, 3.05) is 33.4 Å². The summed E-state index contributed by atoms with van der Waals surface area (Å²) in [6.07, 6.45) is 2.92. The zero-order valence-corrected chi connectivity index (χ0v) is 13.9. The third-order valence-corrected chi connectivity index (χ3v) is 5.01. The van der Waals surface area contributed by atoms with Crippen molar-refractivity contribution in [3.05, 3.63) is 0 Å². The summed E-state index contributed by atoms with van der Waals surface area (Å²) in [4.78, 5) is 0. The van der Waals surface area contributed by atoms with Crippen molar-refractivity contribution < 1.29 is 13.2 Å². The predicted octanol–water partition coefficient (Wildman–Crippen LogP) is 0.710. The van der Waals surface area contributed by atoms with Crippen LogP contribution in [0.5, 0.6) is 0 Å². The minimum atomic E-state index is -3.41. The second-order valence-corrected chi connectivity index (χ2v) is 7.99. The van der Waals surface area contributed by atoms with Crippen molar-refractivity contribution in [1.29, 1.82) is 0 Å². The van der Waals surface area contributed by atoms with Gasteiger partial charge in [-0.25, -0.2) is 0 Å². The third kappa shape index (κ3) is 6.05. The van der Waals surface area contributed by atoms with Gasteiger partial charge in [0.15, 0.2) is 0 Å². The Kier molecular flexibility index (Phi) is 6.87. The van der Waals surface area contributed by atoms with Gasteiger partial charge in [0.05, 0.1) is 6.61 Å². The highest BCUT2D eigenvalue weighted by Crippen LogP contribution is 2.19. The molecule has 0 aromatic rings. The van der Waals surface area contributed by atoms with E-state index >= 15 is 0 Å². The molecule has 2 N–H and O–H groups in total. The number of ether oxygens (including phenoxy) is 1. The standard InChI is InChI=1S/C13H29N3O3S/c1-13(2,3)14-11-12-7-5-6-9-16(12)20(17,18)15-8-10-19-4/h12,14-15H,5-11H2,1-4H3. The van der Waals surface area contributed by atoms with Crippen LogP contribution in [-0.4, -0.2) is 57.7 Å². The van der Waals surface area contributed by atoms with Crippen molar-refractivity contribution in [2.45, 2.75) is 51.6 Å². The first-order valence-electron chi connectivity index (χ1n) is 7.26. The van der Waals surface area contributed by atoms with Crippen LogP contribution in [0.3, 0.4) is 0 Å². The van der Waals surface area contributed by atoms with Crippen LogP contribution in [-0.2, 0) is 14.9 Å². The van der Waals surface area contributed by atoms with E-state index in [1.165, 1.54) is 0 Å². The third-order valence-electron chi connectivity index (χ3n) is 3.34. The van der Waals surface area contributed by atoms with Crippen molar-refractivity contribution >= 4 is 10.2 Å². The van der Waals surface area contributed by atoms with E-state index in [-0.39, 0.29) is 11.6 Å². The van der Waals surface area contributed by atoms with E-state index in [1.54, 1.807) is 11.4 Å². The SMILES string of the molecule is COCCNS(=O)(=O)N1CCCCC1CNC(C)(C)C. The fraction of sp³-hybridized carbons (Fsp3) is 1.00. The molecule has 6 nitrogen and oxygen atoms in total. The molecule has 0 aromatic heterocycles. The monoisotopic (exact) mass is 307 g/mol. The van der Waals surface area contributed by atoms with Crippen LogP contribution in [0.1, 0.15) is 40.0 Å². The normalized spacial score (nSPS) is 22.1. The molecule has 0 saturated carbocycles. The summed E-state index contributed by atoms with van der Waals surface area (Å²) in [5.41, 5.74) is -0.00361. The average Bonchev–Trinajstić information content (AvgIpc) is 2.36. The van der Waals surface area contributed by atoms with E-state index in [4.69, 9.17) is 4.74 Å². The second kappa shape index (κ2) is 7.70. The molecule has 0 bridgehead atoms. The van der Waals surface area contributed by atoms with Crippen LogP contribution < -0.4 is 10.0 Å². The zero-order chi connectivity index (χ0) is 15.2. The first-order valence-corrected chi connectivity index (χ1v) is 8.71. The van der Waals surface area contributed by atoms with Crippen LogP contribution in [0, 0.1) is 0 Å². The Morgan fingerprint density at radius 1 is 1.30 bits per heavy atom. The van der Waals surface area contributed by atoms with Gasteiger partial charge in [-0.15, -0.1) is 0 Å². The van der Waals surface area contributed by atoms with Gasteiger partial charge in [-0.1, -0.05) is 6.42 Å². The fourth-order valence-corrected chi connectivity index (χ4v) is 3.72. The molecule has 1 unspecified atom stereocenters. The van der Waals surface area contributed by atoms with Crippen molar-refractivity contribution in [1.82, 2.24) is 14.3 Å². The van der Waals surface area contributed by atoms with Gasteiger partial charge in [0.25, 0.3) is 10.2 Å². The Balaban J connectivity index is 2.63. The van der Waals surface area contributed by atoms with Gasteiger partial charge in [-0.05, 0) is 33.6 Å². The average molecular weight is 307 g/mol. The molecule has 1 aliphatic rings. The number of hydrogen-bond donors (Lipinski definition) is 2. The molecule has 0 radical (unpaired) electrons. The summed E-state index contributed by atoms with van der Waals surface area (Å²) in [7, 11) is -1.85. The Hall–Kier alpha value is -0.210. The van der Waals surface area contributed by atoms with Gasteiger partial charge in [0.2, 0.25) is 0 Å². The molecule has 0 spiro atoms. The Bertz CT molecular complexity index is 379. The summed E-state index contributed by atoms with van der Waals surface area (Å²) in [6, 6.07) is 0.0306. The largest absolute Gasteiger partial charge is 0.383 e. The number of methoxy groups -OCH3 is 1. The number of hydrogen-bond acceptors (Lipinski definition) is 4. The minimum absolute atomic E-state index is 0.00361. The molecular weight excluding hydrogens is 278 g/mol. The van der Waals surface area contributed by atoms with Crippen molar-refractivity contribution in [3.8, 4) is 0 Å². The van der Waals surface area contributed by atoms with Gasteiger partial charge in [-0.3, -0.25) is 0 Å². The van der Waals surface area contributed by atoms with E-state index in [1.807, 2.05) is 0 Å². The molecule has 1 aliphatic heterocycles. The lowest BCUT2D eigenvalue weighted by atomic mass is 10.0. The summed E-state index contributed by atoms with van der Waals surface area (Å²) in [5.74, 6) is 0. The first kappa shape index (κ1) is 17.8. The van der Waals surface area contributed by atoms with E-state index < -0.39 is 10.2 Å². The molecule has 120 valence electrons. The summed E-state index contributed by atoms with van der Waals surface area (Å²) in [6.45, 7) is 8.25. The van der Waals surface area contributed by atoms with Crippen molar-refractivity contribution in [3.63, 3.8) is 0 Å². The van der Waals surface area contributed by atoms with Gasteiger partial charge < -0.3 is 10.1 Å². The van der Waals surface area contributed by atoms with E-state index in [9.17, 15) is 8.42 Å². The van der Waals surface area contributed by atoms with Crippen LogP contribution >= 0.6 is 0 Å². The number of rotatable bonds is 7. The highest BCUT2D eigenvalue weighted by Gasteiger charge is 2.32. The molecule has 1 fully saturated rings. The molecule has 1 atom stereocenters. The van der Waals surface area contributed by atoms with Crippen LogP contribution in [0.2, 0.25) is 0 Å². The number of piperidine rings is 1. The van der Waals surface area contributed by atoms with Crippen LogP contribution in [0.4, 0.5) is 0 Å². The maximum absolute atomic E-state index is 12.3. The minimum Gasteiger partial charge on any atom is -0.383 e. The van der Waals surface area contributed by atoms with E-state index in [2.05, 4.69) is 30.8 Å². The summed E-state index contributed by atoms with van der Waals surface area (Å²) >= 11 is 0. The van der Waals surface area contributed by atoms with E-state index in [0.717, 1.165) is 19.3 Å². The van der Waals surface area contributed by atoms with Gasteiger partial charge in [0, 0.05) is 38.3 Å². The first-order chi connectivity index (χ1) is 9.26. The topological polar surface area (TPSA) is 70.7 Å². The highest BCUT2D eigenvalue weighted by molar-refractivity contribution is 7.87. The molecule has 1 heterocycles. The highest BCUT2D eigenvalue weighted by atomic mass is 32.2. The second-order valence-electron chi connectivity index (χ2n) is 6.28. The van der Waals surface area contributed by atoms with Gasteiger partial charge in [-0.2, -0.15) is 17.4 Å². The predicted molar refractivity (Wildman–Crippen MR) is 80.9 cm³/mol. The maximum atomic E-state index is 12.3. The smallest absolute Gasteiger partial charge is 0.279 e. The van der Waals surface area contributed by atoms with Crippen molar-refractivity contribution in [2.24, 2.45) is 0 Å². The number of nitrogens with one attached hydrogen (secondary N) is 2. The van der Waals surface area contributed by atoms with Gasteiger partial charge in [0.1, 0.15) is 0 Å². The molecule has 0 amide bonds. The van der Waals surface area contributed by atoms with E-state index in [0.29, 0.717) is 26.2 Å². The van der Waals surface area contributed by atoms with Crippen LogP contribution in [0.25, 0.3) is 0 Å². The Labute approximate surface area is 123 Å². The number of nitrogens with zero attached hydrogens (tertiary/aromatic N) is 1. The molecule has 1 rings (SSSR count). The Morgan fingerprint density at radius 2 is 2.00 bits per heavy atom. The molecule has 7 heteroatoms. The summed E-state index contributed by atoms with van der Waals surface area (Å²) < 4.78 is 33.7. The van der Waals surface area contributed by atoms with Gasteiger partial charge >= 0.3 is 0 Å². The van der Waals surface area contributed by atoms with Crippen LogP contribution in [0.15, 0.2) is 0 Å². The zero-order valence-electron chi connectivity index (χ0n) is 13.1. The fourth-order valence-electron chi connectivity index (χ4n) is 2.27. The quantitative estimate of drug-likeness (QED) is 0.680. The molecule has 0 aromatic carbocycles. The molecule has 20 heavy (non-hydrogen) atoms. The maximum Gasteiger partial charge on any atom is 0.279 e. The lowest BCUT2D eigenvalue weighted by molar-refractivity contribution is 0.200.